The minimum Gasteiger partial charge on any atom is -0.455 e. The van der Waals surface area contributed by atoms with Gasteiger partial charge in [-0.05, 0) is 105 Å². The van der Waals surface area contributed by atoms with E-state index in [1.807, 2.05) is 71.2 Å². The second kappa shape index (κ2) is 26.5. The van der Waals surface area contributed by atoms with E-state index in [4.69, 9.17) is 38.7 Å². The van der Waals surface area contributed by atoms with Gasteiger partial charge in [-0.1, -0.05) is 303 Å². The summed E-state index contributed by atoms with van der Waals surface area (Å²) in [5, 5.41) is 13.7. The van der Waals surface area contributed by atoms with Crippen molar-refractivity contribution in [3.63, 3.8) is 0 Å². The Morgan fingerprint density at radius 2 is 0.447 bits per heavy atom. The van der Waals surface area contributed by atoms with Gasteiger partial charge < -0.3 is 8.83 Å². The first-order valence-corrected chi connectivity index (χ1v) is 39.7. The number of nitrogens with zero attached hydrogens (tertiary/aromatic N) is 8. The Labute approximate surface area is 659 Å². The van der Waals surface area contributed by atoms with Crippen molar-refractivity contribution in [1.29, 1.82) is 0 Å². The minimum atomic E-state index is 0.500. The zero-order valence-electron chi connectivity index (χ0n) is 60.9. The molecule has 0 saturated heterocycles. The van der Waals surface area contributed by atoms with Crippen LogP contribution in [0.3, 0.4) is 0 Å². The molecule has 24 aromatic rings. The molecule has 10 nitrogen and oxygen atoms in total. The lowest BCUT2D eigenvalue weighted by Crippen LogP contribution is -2.06. The summed E-state index contributed by atoms with van der Waals surface area (Å²) >= 11 is 3.73. The van der Waals surface area contributed by atoms with E-state index in [0.717, 1.165) is 132 Å². The second-order valence-electron chi connectivity index (χ2n) is 28.7. The van der Waals surface area contributed by atoms with Gasteiger partial charge in [0, 0.05) is 94.9 Å². The van der Waals surface area contributed by atoms with Crippen molar-refractivity contribution in [1.82, 2.24) is 39.0 Å². The van der Waals surface area contributed by atoms with Crippen LogP contribution in [0.1, 0.15) is 0 Å². The first kappa shape index (κ1) is 65.1. The Hall–Kier alpha value is -14.8. The van der Waals surface area contributed by atoms with Gasteiger partial charge in [0.25, 0.3) is 0 Å². The van der Waals surface area contributed by atoms with Crippen molar-refractivity contribution in [3.05, 3.63) is 364 Å². The number of rotatable bonds is 10. The van der Waals surface area contributed by atoms with Crippen molar-refractivity contribution in [3.8, 4) is 102 Å². The van der Waals surface area contributed by atoms with Gasteiger partial charge >= 0.3 is 0 Å². The molecule has 0 N–H and O–H groups in total. The third kappa shape index (κ3) is 10.8. The molecule has 114 heavy (non-hydrogen) atoms. The van der Waals surface area contributed by atoms with Crippen LogP contribution in [0.25, 0.3) is 230 Å². The summed E-state index contributed by atoms with van der Waals surface area (Å²) in [5.41, 5.74) is 20.1. The maximum atomic E-state index is 6.72. The number of fused-ring (bicyclic) bond motifs is 22. The number of thiophene rings is 2. The van der Waals surface area contributed by atoms with Gasteiger partial charge in [0.2, 0.25) is 11.9 Å². The summed E-state index contributed by atoms with van der Waals surface area (Å²) in [6.45, 7) is 0. The molecular formula is C102H60N8O2S2. The molecular weight excluding hydrogens is 1430 g/mol. The van der Waals surface area contributed by atoms with Gasteiger partial charge in [-0.3, -0.25) is 9.13 Å². The van der Waals surface area contributed by atoms with E-state index in [0.29, 0.717) is 35.2 Å². The Morgan fingerprint density at radius 1 is 0.193 bits per heavy atom. The molecule has 12 heteroatoms. The fourth-order valence-corrected chi connectivity index (χ4v) is 19.2. The molecule has 0 amide bonds. The molecule has 0 bridgehead atoms. The number of para-hydroxylation sites is 2. The highest BCUT2D eigenvalue weighted by Gasteiger charge is 2.28. The van der Waals surface area contributed by atoms with Gasteiger partial charge in [0.15, 0.2) is 23.3 Å². The Bertz CT molecular complexity index is 7000. The molecule has 0 radical (unpaired) electrons. The van der Waals surface area contributed by atoms with Crippen LogP contribution in [-0.2, 0) is 0 Å². The molecule has 16 aromatic carbocycles. The summed E-state index contributed by atoms with van der Waals surface area (Å²) < 4.78 is 23.0. The number of aromatic nitrogens is 8. The molecule has 0 unspecified atom stereocenters. The van der Waals surface area contributed by atoms with Crippen molar-refractivity contribution < 1.29 is 8.83 Å². The first-order chi connectivity index (χ1) is 56.5. The number of hydrogen-bond acceptors (Lipinski definition) is 10. The number of benzene rings is 16. The Kier molecular flexibility index (Phi) is 15.1. The highest BCUT2D eigenvalue weighted by molar-refractivity contribution is 7.28. The highest BCUT2D eigenvalue weighted by atomic mass is 32.1. The monoisotopic (exact) mass is 1490 g/mol. The van der Waals surface area contributed by atoms with Gasteiger partial charge in [-0.2, -0.15) is 19.9 Å². The maximum Gasteiger partial charge on any atom is 0.238 e. The lowest BCUT2D eigenvalue weighted by molar-refractivity contribution is 0.670. The molecule has 8 heterocycles. The summed E-state index contributed by atoms with van der Waals surface area (Å²) in [6.07, 6.45) is 0. The van der Waals surface area contributed by atoms with Crippen LogP contribution in [0.5, 0.6) is 0 Å². The second-order valence-corrected chi connectivity index (χ2v) is 30.9. The molecule has 0 aliphatic heterocycles. The molecule has 0 aliphatic rings. The maximum absolute atomic E-state index is 6.72. The normalized spacial score (nSPS) is 11.9. The standard InChI is InChI=1S/C51H30N4O2.C51H30N4S2/c2*1-3-11-31(12-4-1)33-19-23-35(24-20-33)49-52-50(36-25-21-34(22-26-36)32-13-5-2-6-14-32)54-51(53-49)55-41-29-27-39-37-15-7-9-17-43(37)56-47(39)45(41)46-42(55)30-28-40-38-16-8-10-18-44(38)57-48(40)46/h2*1-30H. The van der Waals surface area contributed by atoms with E-state index < -0.39 is 0 Å². The molecule has 0 fully saturated rings. The Morgan fingerprint density at radius 3 is 0.772 bits per heavy atom. The summed E-state index contributed by atoms with van der Waals surface area (Å²) in [7, 11) is 0. The van der Waals surface area contributed by atoms with Crippen LogP contribution < -0.4 is 0 Å². The fourth-order valence-electron chi connectivity index (χ4n) is 16.7. The van der Waals surface area contributed by atoms with Gasteiger partial charge in [0.05, 0.1) is 32.8 Å². The lowest BCUT2D eigenvalue weighted by atomic mass is 10.0. The van der Waals surface area contributed by atoms with E-state index >= 15 is 0 Å². The molecule has 24 rings (SSSR count). The van der Waals surface area contributed by atoms with Crippen LogP contribution in [-0.4, -0.2) is 39.0 Å². The molecule has 8 aromatic heterocycles. The molecule has 0 atom stereocenters. The van der Waals surface area contributed by atoms with E-state index in [1.54, 1.807) is 0 Å². The quantitative estimate of drug-likeness (QED) is 0.133. The van der Waals surface area contributed by atoms with E-state index in [-0.39, 0.29) is 0 Å². The van der Waals surface area contributed by atoms with Crippen molar-refractivity contribution in [2.75, 3.05) is 0 Å². The van der Waals surface area contributed by atoms with Crippen molar-refractivity contribution in [2.24, 2.45) is 0 Å². The number of furan rings is 2. The molecule has 0 aliphatic carbocycles. The molecule has 532 valence electrons. The molecule has 0 spiro atoms. The van der Waals surface area contributed by atoms with Crippen LogP contribution in [0.4, 0.5) is 0 Å². The zero-order chi connectivity index (χ0) is 74.9. The van der Waals surface area contributed by atoms with Crippen LogP contribution >= 0.6 is 22.7 Å². The predicted octanol–water partition coefficient (Wildman–Crippen LogP) is 27.8. The average Bonchev–Trinajstić information content (AvgIpc) is 1.55. The smallest absolute Gasteiger partial charge is 0.238 e. The van der Waals surface area contributed by atoms with Crippen molar-refractivity contribution >= 4 is 151 Å². The fraction of sp³-hybridized carbons (Fsp3) is 0. The minimum absolute atomic E-state index is 0.500. The summed E-state index contributed by atoms with van der Waals surface area (Å²) in [5.74, 6) is 3.50. The van der Waals surface area contributed by atoms with E-state index in [2.05, 4.69) is 325 Å². The SMILES string of the molecule is c1ccc(-c2ccc(-c3nc(-c4ccc(-c5ccccc5)cc4)nc(-n4c5ccc6c7ccccc7oc6c5c5c6oc7ccccc7c6ccc54)n3)cc2)cc1.c1ccc(-c2ccc(-c3nc(-c4ccc(-c5ccccc5)cc4)nc(-n4c5ccc6c7ccccc7sc6c5c5c6sc7ccccc7c6ccc54)n3)cc2)cc1. The van der Waals surface area contributed by atoms with Crippen LogP contribution in [0.15, 0.2) is 373 Å². The first-order valence-electron chi connectivity index (χ1n) is 38.0. The average molecular weight is 1490 g/mol. The van der Waals surface area contributed by atoms with Gasteiger partial charge in [0.1, 0.15) is 22.3 Å². The number of hydrogen-bond donors (Lipinski definition) is 0. The van der Waals surface area contributed by atoms with Crippen molar-refractivity contribution in [2.45, 2.75) is 0 Å². The third-order valence-corrected chi connectivity index (χ3v) is 24.6. The largest absolute Gasteiger partial charge is 0.455 e. The van der Waals surface area contributed by atoms with Crippen LogP contribution in [0, 0.1) is 0 Å². The summed E-state index contributed by atoms with van der Waals surface area (Å²) in [4.78, 5) is 31.5. The topological polar surface area (TPSA) is 113 Å². The van der Waals surface area contributed by atoms with Gasteiger partial charge in [-0.15, -0.1) is 22.7 Å². The third-order valence-electron chi connectivity index (χ3n) is 22.2. The summed E-state index contributed by atoms with van der Waals surface area (Å²) in [6, 6.07) is 127. The van der Waals surface area contributed by atoms with Crippen LogP contribution in [0.2, 0.25) is 0 Å². The Balaban J connectivity index is 0.000000135. The van der Waals surface area contributed by atoms with E-state index in [1.165, 1.54) is 62.2 Å². The van der Waals surface area contributed by atoms with Gasteiger partial charge in [-0.25, -0.2) is 9.97 Å². The zero-order valence-corrected chi connectivity index (χ0v) is 62.5. The molecule has 0 saturated carbocycles. The predicted molar refractivity (Wildman–Crippen MR) is 472 cm³/mol. The highest BCUT2D eigenvalue weighted by Crippen LogP contribution is 2.50. The van der Waals surface area contributed by atoms with E-state index in [9.17, 15) is 0 Å². The lowest BCUT2D eigenvalue weighted by Gasteiger charge is -2.12.